The van der Waals surface area contributed by atoms with Crippen molar-refractivity contribution in [3.05, 3.63) is 35.4 Å². The second-order valence-electron chi connectivity index (χ2n) is 4.94. The van der Waals surface area contributed by atoms with Gasteiger partial charge in [-0.05, 0) is 37.3 Å². The van der Waals surface area contributed by atoms with Crippen molar-refractivity contribution >= 4 is 5.78 Å². The molecule has 0 saturated heterocycles. The molecular formula is C15H21NO. The fourth-order valence-corrected chi connectivity index (χ4v) is 1.96. The number of aryl methyl sites for hydroxylation is 1. The third-order valence-corrected chi connectivity index (χ3v) is 3.23. The molecule has 2 nitrogen and oxygen atoms in total. The van der Waals surface area contributed by atoms with Crippen LogP contribution in [0, 0.1) is 5.92 Å². The van der Waals surface area contributed by atoms with Gasteiger partial charge < -0.3 is 5.32 Å². The maximum atomic E-state index is 11.9. The van der Waals surface area contributed by atoms with Gasteiger partial charge in [0.2, 0.25) is 0 Å². The third kappa shape index (κ3) is 3.97. The quantitative estimate of drug-likeness (QED) is 0.731. The van der Waals surface area contributed by atoms with Crippen molar-refractivity contribution in [1.82, 2.24) is 5.32 Å². The standard InChI is InChI=1S/C15H21NO/c1-2-3-12-6-8-14(9-7-12)15(17)11-16-10-13-4-5-13/h6-9,13,16H,2-5,10-11H2,1H3. The molecule has 1 aliphatic rings. The van der Waals surface area contributed by atoms with E-state index < -0.39 is 0 Å². The van der Waals surface area contributed by atoms with Gasteiger partial charge >= 0.3 is 0 Å². The Labute approximate surface area is 103 Å². The number of nitrogens with one attached hydrogen (secondary N) is 1. The highest BCUT2D eigenvalue weighted by molar-refractivity contribution is 5.97. The van der Waals surface area contributed by atoms with Crippen molar-refractivity contribution < 1.29 is 4.79 Å². The van der Waals surface area contributed by atoms with Crippen LogP contribution in [0.4, 0.5) is 0 Å². The second-order valence-corrected chi connectivity index (χ2v) is 4.94. The van der Waals surface area contributed by atoms with Crippen LogP contribution in [-0.2, 0) is 6.42 Å². The van der Waals surface area contributed by atoms with Crippen LogP contribution in [0.25, 0.3) is 0 Å². The zero-order valence-corrected chi connectivity index (χ0v) is 10.5. The van der Waals surface area contributed by atoms with Crippen molar-refractivity contribution in [2.45, 2.75) is 32.6 Å². The van der Waals surface area contributed by atoms with E-state index in [-0.39, 0.29) is 5.78 Å². The molecular weight excluding hydrogens is 210 g/mol. The average Bonchev–Trinajstić information content (AvgIpc) is 3.14. The highest BCUT2D eigenvalue weighted by Gasteiger charge is 2.20. The van der Waals surface area contributed by atoms with Gasteiger partial charge in [-0.1, -0.05) is 37.6 Å². The van der Waals surface area contributed by atoms with Gasteiger partial charge in [0.15, 0.2) is 5.78 Å². The first kappa shape index (κ1) is 12.3. The summed E-state index contributed by atoms with van der Waals surface area (Å²) in [6.07, 6.45) is 4.89. The lowest BCUT2D eigenvalue weighted by Gasteiger charge is -2.04. The molecule has 1 N–H and O–H groups in total. The SMILES string of the molecule is CCCc1ccc(C(=O)CNCC2CC2)cc1. The summed E-state index contributed by atoms with van der Waals surface area (Å²) >= 11 is 0. The number of Topliss-reactive ketones (excluding diaryl/α,β-unsaturated/α-hetero) is 1. The monoisotopic (exact) mass is 231 g/mol. The minimum atomic E-state index is 0.202. The molecule has 0 heterocycles. The molecule has 1 aromatic carbocycles. The summed E-state index contributed by atoms with van der Waals surface area (Å²) in [7, 11) is 0. The van der Waals surface area contributed by atoms with Gasteiger partial charge in [0.1, 0.15) is 0 Å². The Morgan fingerprint density at radius 1 is 1.29 bits per heavy atom. The fraction of sp³-hybridized carbons (Fsp3) is 0.533. The van der Waals surface area contributed by atoms with E-state index in [1.54, 1.807) is 0 Å². The van der Waals surface area contributed by atoms with Crippen LogP contribution in [0.1, 0.15) is 42.1 Å². The molecule has 1 aliphatic carbocycles. The van der Waals surface area contributed by atoms with E-state index in [2.05, 4.69) is 24.4 Å². The molecule has 17 heavy (non-hydrogen) atoms. The first-order chi connectivity index (χ1) is 8.29. The van der Waals surface area contributed by atoms with E-state index in [4.69, 9.17) is 0 Å². The second kappa shape index (κ2) is 5.97. The average molecular weight is 231 g/mol. The van der Waals surface area contributed by atoms with Crippen LogP contribution >= 0.6 is 0 Å². The Bertz CT molecular complexity index is 365. The zero-order chi connectivity index (χ0) is 12.1. The molecule has 0 unspecified atom stereocenters. The first-order valence-electron chi connectivity index (χ1n) is 6.62. The summed E-state index contributed by atoms with van der Waals surface area (Å²) in [6.45, 7) is 3.64. The Morgan fingerprint density at radius 2 is 2.00 bits per heavy atom. The Morgan fingerprint density at radius 3 is 2.59 bits per heavy atom. The zero-order valence-electron chi connectivity index (χ0n) is 10.5. The number of carbonyl (C=O) groups is 1. The van der Waals surface area contributed by atoms with Gasteiger partial charge in [-0.25, -0.2) is 0 Å². The van der Waals surface area contributed by atoms with Crippen LogP contribution in [0.5, 0.6) is 0 Å². The number of ketones is 1. The van der Waals surface area contributed by atoms with Gasteiger partial charge in [0.25, 0.3) is 0 Å². The predicted octanol–water partition coefficient (Wildman–Crippen LogP) is 2.82. The van der Waals surface area contributed by atoms with E-state index in [1.807, 2.05) is 12.1 Å². The molecule has 0 aliphatic heterocycles. The summed E-state index contributed by atoms with van der Waals surface area (Å²) in [5, 5.41) is 3.24. The van der Waals surface area contributed by atoms with Crippen molar-refractivity contribution in [1.29, 1.82) is 0 Å². The molecule has 0 aromatic heterocycles. The first-order valence-corrected chi connectivity index (χ1v) is 6.62. The summed E-state index contributed by atoms with van der Waals surface area (Å²) in [6, 6.07) is 8.04. The lowest BCUT2D eigenvalue weighted by atomic mass is 10.1. The molecule has 1 aromatic rings. The molecule has 92 valence electrons. The number of rotatable bonds is 7. The van der Waals surface area contributed by atoms with Crippen molar-refractivity contribution in [2.75, 3.05) is 13.1 Å². The van der Waals surface area contributed by atoms with E-state index in [0.717, 1.165) is 30.9 Å². The Balaban J connectivity index is 1.80. The van der Waals surface area contributed by atoms with Crippen molar-refractivity contribution in [3.8, 4) is 0 Å². The molecule has 2 rings (SSSR count). The smallest absolute Gasteiger partial charge is 0.176 e. The Hall–Kier alpha value is -1.15. The maximum absolute atomic E-state index is 11.9. The third-order valence-electron chi connectivity index (χ3n) is 3.23. The molecule has 1 fully saturated rings. The number of hydrogen-bond donors (Lipinski definition) is 1. The van der Waals surface area contributed by atoms with Crippen molar-refractivity contribution in [2.24, 2.45) is 5.92 Å². The van der Waals surface area contributed by atoms with Gasteiger partial charge in [-0.2, -0.15) is 0 Å². The molecule has 0 bridgehead atoms. The van der Waals surface area contributed by atoms with Gasteiger partial charge in [0, 0.05) is 5.56 Å². The molecule has 1 saturated carbocycles. The van der Waals surface area contributed by atoms with Crippen LogP contribution in [0.2, 0.25) is 0 Å². The largest absolute Gasteiger partial charge is 0.309 e. The van der Waals surface area contributed by atoms with E-state index in [1.165, 1.54) is 18.4 Å². The number of hydrogen-bond acceptors (Lipinski definition) is 2. The number of carbonyl (C=O) groups excluding carboxylic acids is 1. The normalized spacial score (nSPS) is 14.9. The summed E-state index contributed by atoms with van der Waals surface area (Å²) in [5.41, 5.74) is 2.14. The maximum Gasteiger partial charge on any atom is 0.176 e. The highest BCUT2D eigenvalue weighted by Crippen LogP contribution is 2.27. The summed E-state index contributed by atoms with van der Waals surface area (Å²) in [4.78, 5) is 11.9. The molecule has 0 amide bonds. The predicted molar refractivity (Wildman–Crippen MR) is 70.4 cm³/mol. The highest BCUT2D eigenvalue weighted by atomic mass is 16.1. The number of benzene rings is 1. The van der Waals surface area contributed by atoms with Crippen LogP contribution in [0.15, 0.2) is 24.3 Å². The van der Waals surface area contributed by atoms with Crippen LogP contribution in [-0.4, -0.2) is 18.9 Å². The van der Waals surface area contributed by atoms with Crippen LogP contribution < -0.4 is 5.32 Å². The van der Waals surface area contributed by atoms with E-state index in [9.17, 15) is 4.79 Å². The fourth-order valence-electron chi connectivity index (χ4n) is 1.96. The van der Waals surface area contributed by atoms with E-state index >= 15 is 0 Å². The molecule has 0 radical (unpaired) electrons. The molecule has 0 spiro atoms. The van der Waals surface area contributed by atoms with Crippen LogP contribution in [0.3, 0.4) is 0 Å². The van der Waals surface area contributed by atoms with E-state index in [0.29, 0.717) is 6.54 Å². The van der Waals surface area contributed by atoms with Gasteiger partial charge in [-0.15, -0.1) is 0 Å². The lowest BCUT2D eigenvalue weighted by molar-refractivity contribution is 0.0991. The minimum Gasteiger partial charge on any atom is -0.309 e. The lowest BCUT2D eigenvalue weighted by Crippen LogP contribution is -2.24. The molecule has 0 atom stereocenters. The molecule has 2 heteroatoms. The van der Waals surface area contributed by atoms with Gasteiger partial charge in [0.05, 0.1) is 6.54 Å². The summed E-state index contributed by atoms with van der Waals surface area (Å²) in [5.74, 6) is 1.03. The minimum absolute atomic E-state index is 0.202. The Kier molecular flexibility index (Phi) is 4.32. The van der Waals surface area contributed by atoms with Crippen molar-refractivity contribution in [3.63, 3.8) is 0 Å². The van der Waals surface area contributed by atoms with Gasteiger partial charge in [-0.3, -0.25) is 4.79 Å². The topological polar surface area (TPSA) is 29.1 Å². The summed E-state index contributed by atoms with van der Waals surface area (Å²) < 4.78 is 0.